The molecule has 1 aromatic carbocycles. The van der Waals surface area contributed by atoms with Crippen LogP contribution in [0.2, 0.25) is 0 Å². The van der Waals surface area contributed by atoms with Gasteiger partial charge in [-0.2, -0.15) is 0 Å². The Morgan fingerprint density at radius 3 is 2.58 bits per heavy atom. The lowest BCUT2D eigenvalue weighted by molar-refractivity contribution is 0.0521. The minimum atomic E-state index is -0.522. The normalized spacial score (nSPS) is 12.9. The van der Waals surface area contributed by atoms with Gasteiger partial charge >= 0.3 is 6.09 Å². The molecule has 0 radical (unpaired) electrons. The molecule has 0 bridgehead atoms. The fourth-order valence-electron chi connectivity index (χ4n) is 1.60. The molecule has 19 heavy (non-hydrogen) atoms. The molecule has 0 aliphatic heterocycles. The molecule has 2 N–H and O–H groups in total. The number of carbonyl (C=O) groups is 1. The highest BCUT2D eigenvalue weighted by Crippen LogP contribution is 2.24. The number of halogens is 1. The minimum Gasteiger partial charge on any atom is -0.444 e. The number of hydrogen-bond acceptors (Lipinski definition) is 3. The van der Waals surface area contributed by atoms with Gasteiger partial charge in [-0.3, -0.25) is 0 Å². The average molecular weight is 330 g/mol. The number of ether oxygens (including phenoxy) is 1. The smallest absolute Gasteiger partial charge is 0.407 e. The largest absolute Gasteiger partial charge is 0.444 e. The molecule has 1 amide bonds. The Hall–Kier alpha value is -1.07. The molecule has 106 valence electrons. The Morgan fingerprint density at radius 1 is 1.42 bits per heavy atom. The predicted molar refractivity (Wildman–Crippen MR) is 78.2 cm³/mol. The third kappa shape index (κ3) is 5.61. The van der Waals surface area contributed by atoms with Gasteiger partial charge in [-0.1, -0.05) is 34.1 Å². The van der Waals surface area contributed by atoms with E-state index in [2.05, 4.69) is 21.2 Å². The van der Waals surface area contributed by atoms with Crippen molar-refractivity contribution in [3.8, 4) is 0 Å². The Morgan fingerprint density at radius 2 is 2.05 bits per heavy atom. The molecule has 0 aliphatic carbocycles. The fraction of sp³-hybridized carbons (Fsp3) is 0.500. The number of aliphatic hydroxyl groups excluding tert-OH is 1. The van der Waals surface area contributed by atoms with E-state index in [1.807, 2.05) is 45.0 Å². The van der Waals surface area contributed by atoms with Crippen molar-refractivity contribution in [2.45, 2.75) is 32.3 Å². The minimum absolute atomic E-state index is 0.0432. The summed E-state index contributed by atoms with van der Waals surface area (Å²) in [5, 5.41) is 12.1. The number of alkyl carbamates (subject to hydrolysis) is 1. The van der Waals surface area contributed by atoms with E-state index in [1.165, 1.54) is 0 Å². The number of aliphatic hydroxyl groups is 1. The summed E-state index contributed by atoms with van der Waals surface area (Å²) in [6.45, 7) is 5.71. The maximum Gasteiger partial charge on any atom is 0.407 e. The van der Waals surface area contributed by atoms with E-state index in [9.17, 15) is 9.90 Å². The number of carbonyl (C=O) groups excluding carboxylic acids is 1. The molecule has 1 rings (SSSR count). The Bertz CT molecular complexity index is 429. The van der Waals surface area contributed by atoms with E-state index in [1.54, 1.807) is 0 Å². The third-order valence-corrected chi connectivity index (χ3v) is 3.18. The van der Waals surface area contributed by atoms with Gasteiger partial charge in [0.2, 0.25) is 0 Å². The van der Waals surface area contributed by atoms with Crippen LogP contribution >= 0.6 is 15.9 Å². The van der Waals surface area contributed by atoms with Crippen LogP contribution in [0, 0.1) is 0 Å². The van der Waals surface area contributed by atoms with Crippen molar-refractivity contribution < 1.29 is 14.6 Å². The molecule has 0 spiro atoms. The molecule has 1 atom stereocenters. The first-order valence-corrected chi connectivity index (χ1v) is 6.95. The highest BCUT2D eigenvalue weighted by Gasteiger charge is 2.18. The van der Waals surface area contributed by atoms with Crippen molar-refractivity contribution in [2.75, 3.05) is 13.2 Å². The van der Waals surface area contributed by atoms with Crippen LogP contribution in [-0.4, -0.2) is 30.0 Å². The second kappa shape index (κ2) is 6.91. The average Bonchev–Trinajstić information content (AvgIpc) is 2.29. The molecule has 1 aromatic rings. The van der Waals surface area contributed by atoms with Crippen LogP contribution in [-0.2, 0) is 4.74 Å². The summed E-state index contributed by atoms with van der Waals surface area (Å²) in [6.07, 6.45) is -0.474. The van der Waals surface area contributed by atoms with Gasteiger partial charge in [-0.15, -0.1) is 0 Å². The van der Waals surface area contributed by atoms with E-state index in [0.29, 0.717) is 6.54 Å². The van der Waals surface area contributed by atoms with Gasteiger partial charge in [0.15, 0.2) is 0 Å². The van der Waals surface area contributed by atoms with Crippen LogP contribution in [0.25, 0.3) is 0 Å². The van der Waals surface area contributed by atoms with Crippen LogP contribution in [0.5, 0.6) is 0 Å². The van der Waals surface area contributed by atoms with Crippen molar-refractivity contribution in [3.63, 3.8) is 0 Å². The van der Waals surface area contributed by atoms with Gasteiger partial charge in [0.1, 0.15) is 5.60 Å². The van der Waals surface area contributed by atoms with E-state index in [4.69, 9.17) is 4.74 Å². The summed E-state index contributed by atoms with van der Waals surface area (Å²) in [5.41, 5.74) is 0.438. The van der Waals surface area contributed by atoms with Crippen LogP contribution in [0.3, 0.4) is 0 Å². The standard InChI is InChI=1S/C14H20BrNO3/c1-14(2,3)19-13(18)16-8-10(9-17)11-6-4-5-7-12(11)15/h4-7,10,17H,8-9H2,1-3H3,(H,16,18). The zero-order valence-electron chi connectivity index (χ0n) is 11.4. The Balaban J connectivity index is 2.59. The first kappa shape index (κ1) is 16.0. The first-order valence-electron chi connectivity index (χ1n) is 6.15. The van der Waals surface area contributed by atoms with Gasteiger partial charge in [-0.05, 0) is 32.4 Å². The van der Waals surface area contributed by atoms with Crippen molar-refractivity contribution in [1.29, 1.82) is 0 Å². The zero-order chi connectivity index (χ0) is 14.5. The lowest BCUT2D eigenvalue weighted by atomic mass is 10.0. The molecule has 5 heteroatoms. The predicted octanol–water partition coefficient (Wildman–Crippen LogP) is 3.05. The second-order valence-corrected chi connectivity index (χ2v) is 6.14. The van der Waals surface area contributed by atoms with Crippen LogP contribution in [0.4, 0.5) is 4.79 Å². The molecule has 0 aromatic heterocycles. The van der Waals surface area contributed by atoms with Gasteiger partial charge in [0.05, 0.1) is 6.61 Å². The second-order valence-electron chi connectivity index (χ2n) is 5.28. The molecule has 0 saturated heterocycles. The number of nitrogens with one attached hydrogen (secondary N) is 1. The molecule has 0 fully saturated rings. The molecule has 0 heterocycles. The van der Waals surface area contributed by atoms with Crippen molar-refractivity contribution in [2.24, 2.45) is 0 Å². The van der Waals surface area contributed by atoms with E-state index >= 15 is 0 Å². The van der Waals surface area contributed by atoms with Crippen LogP contribution < -0.4 is 5.32 Å². The van der Waals surface area contributed by atoms with E-state index in [-0.39, 0.29) is 12.5 Å². The molecule has 0 saturated carbocycles. The van der Waals surface area contributed by atoms with Gasteiger partial charge < -0.3 is 15.2 Å². The quantitative estimate of drug-likeness (QED) is 0.892. The van der Waals surface area contributed by atoms with Crippen molar-refractivity contribution in [3.05, 3.63) is 34.3 Å². The summed E-state index contributed by atoms with van der Waals surface area (Å²) in [7, 11) is 0. The highest BCUT2D eigenvalue weighted by molar-refractivity contribution is 9.10. The first-order chi connectivity index (χ1) is 8.83. The van der Waals surface area contributed by atoms with Gasteiger partial charge in [-0.25, -0.2) is 4.79 Å². The highest BCUT2D eigenvalue weighted by atomic mass is 79.9. The zero-order valence-corrected chi connectivity index (χ0v) is 13.0. The summed E-state index contributed by atoms with van der Waals surface area (Å²) in [4.78, 5) is 11.6. The molecule has 0 aliphatic rings. The van der Waals surface area contributed by atoms with Gasteiger partial charge in [0.25, 0.3) is 0 Å². The maximum absolute atomic E-state index is 11.6. The number of benzene rings is 1. The lowest BCUT2D eigenvalue weighted by Crippen LogP contribution is -2.35. The summed E-state index contributed by atoms with van der Waals surface area (Å²) in [6, 6.07) is 7.63. The summed E-state index contributed by atoms with van der Waals surface area (Å²) >= 11 is 3.44. The molecule has 4 nitrogen and oxygen atoms in total. The van der Waals surface area contributed by atoms with Crippen LogP contribution in [0.15, 0.2) is 28.7 Å². The van der Waals surface area contributed by atoms with E-state index in [0.717, 1.165) is 10.0 Å². The molecule has 1 unspecified atom stereocenters. The topological polar surface area (TPSA) is 58.6 Å². The van der Waals surface area contributed by atoms with E-state index < -0.39 is 11.7 Å². The van der Waals surface area contributed by atoms with Gasteiger partial charge in [0, 0.05) is 16.9 Å². The van der Waals surface area contributed by atoms with Crippen LogP contribution in [0.1, 0.15) is 32.3 Å². The van der Waals surface area contributed by atoms with Crippen molar-refractivity contribution in [1.82, 2.24) is 5.32 Å². The monoisotopic (exact) mass is 329 g/mol. The third-order valence-electron chi connectivity index (χ3n) is 2.46. The SMILES string of the molecule is CC(C)(C)OC(=O)NCC(CO)c1ccccc1Br. The lowest BCUT2D eigenvalue weighted by Gasteiger charge is -2.21. The summed E-state index contributed by atoms with van der Waals surface area (Å²) in [5.74, 6) is -0.164. The van der Waals surface area contributed by atoms with Crippen molar-refractivity contribution >= 4 is 22.0 Å². The maximum atomic E-state index is 11.6. The fourth-order valence-corrected chi connectivity index (χ4v) is 2.21. The Kier molecular flexibility index (Phi) is 5.82. The number of rotatable bonds is 4. The molecular formula is C14H20BrNO3. The number of hydrogen-bond donors (Lipinski definition) is 2. The molecular weight excluding hydrogens is 310 g/mol. The number of amides is 1. The Labute approximate surface area is 122 Å². The summed E-state index contributed by atoms with van der Waals surface area (Å²) < 4.78 is 6.07.